The van der Waals surface area contributed by atoms with Gasteiger partial charge < -0.3 is 4.84 Å². The Morgan fingerprint density at radius 1 is 1.04 bits per heavy atom. The highest BCUT2D eigenvalue weighted by Gasteiger charge is 2.17. The van der Waals surface area contributed by atoms with Gasteiger partial charge in [-0.15, -0.1) is 0 Å². The SMILES string of the molecule is Cc1cccc(CON=Cc2ccccc2C2CCCCC2)c1. The van der Waals surface area contributed by atoms with Crippen LogP contribution in [-0.4, -0.2) is 6.21 Å². The molecule has 120 valence electrons. The van der Waals surface area contributed by atoms with Crippen LogP contribution >= 0.6 is 0 Å². The number of hydrogen-bond acceptors (Lipinski definition) is 2. The van der Waals surface area contributed by atoms with Gasteiger partial charge in [0.05, 0.1) is 6.21 Å². The molecule has 0 amide bonds. The summed E-state index contributed by atoms with van der Waals surface area (Å²) in [5.41, 5.74) is 5.03. The average Bonchev–Trinajstić information content (AvgIpc) is 2.60. The monoisotopic (exact) mass is 307 g/mol. The van der Waals surface area contributed by atoms with E-state index in [4.69, 9.17) is 4.84 Å². The van der Waals surface area contributed by atoms with Gasteiger partial charge in [-0.05, 0) is 42.4 Å². The molecule has 1 aliphatic carbocycles. The highest BCUT2D eigenvalue weighted by molar-refractivity contribution is 5.81. The first-order chi connectivity index (χ1) is 11.3. The Morgan fingerprint density at radius 3 is 2.70 bits per heavy atom. The van der Waals surface area contributed by atoms with Crippen molar-refractivity contribution >= 4 is 6.21 Å². The van der Waals surface area contributed by atoms with E-state index in [1.807, 2.05) is 6.21 Å². The van der Waals surface area contributed by atoms with Gasteiger partial charge in [0.25, 0.3) is 0 Å². The number of oxime groups is 1. The molecule has 0 spiro atoms. The molecule has 23 heavy (non-hydrogen) atoms. The summed E-state index contributed by atoms with van der Waals surface area (Å²) in [5.74, 6) is 0.683. The highest BCUT2D eigenvalue weighted by atomic mass is 16.6. The van der Waals surface area contributed by atoms with Gasteiger partial charge in [0.15, 0.2) is 0 Å². The minimum atomic E-state index is 0.518. The van der Waals surface area contributed by atoms with Crippen LogP contribution in [0, 0.1) is 6.92 Å². The van der Waals surface area contributed by atoms with E-state index in [0.717, 1.165) is 5.56 Å². The molecule has 2 nitrogen and oxygen atoms in total. The molecule has 0 heterocycles. The normalized spacial score (nSPS) is 15.9. The number of benzene rings is 2. The second-order valence-electron chi connectivity index (χ2n) is 6.46. The lowest BCUT2D eigenvalue weighted by Gasteiger charge is -2.23. The van der Waals surface area contributed by atoms with Crippen LogP contribution in [0.5, 0.6) is 0 Å². The maximum Gasteiger partial charge on any atom is 0.142 e. The molecule has 0 bridgehead atoms. The fourth-order valence-electron chi connectivity index (χ4n) is 3.42. The van der Waals surface area contributed by atoms with Crippen molar-refractivity contribution in [2.45, 2.75) is 51.6 Å². The first kappa shape index (κ1) is 15.8. The van der Waals surface area contributed by atoms with Crippen molar-refractivity contribution in [2.75, 3.05) is 0 Å². The minimum Gasteiger partial charge on any atom is -0.391 e. The Balaban J connectivity index is 1.63. The molecule has 0 saturated heterocycles. The van der Waals surface area contributed by atoms with Gasteiger partial charge in [0.1, 0.15) is 6.61 Å². The third-order valence-corrected chi connectivity index (χ3v) is 4.62. The van der Waals surface area contributed by atoms with Crippen LogP contribution in [0.3, 0.4) is 0 Å². The summed E-state index contributed by atoms with van der Waals surface area (Å²) < 4.78 is 0. The van der Waals surface area contributed by atoms with E-state index in [9.17, 15) is 0 Å². The van der Waals surface area contributed by atoms with E-state index in [1.54, 1.807) is 0 Å². The number of aryl methyl sites for hydroxylation is 1. The summed E-state index contributed by atoms with van der Waals surface area (Å²) in [4.78, 5) is 5.49. The first-order valence-electron chi connectivity index (χ1n) is 8.63. The molecule has 0 unspecified atom stereocenters. The Labute approximate surface area is 139 Å². The van der Waals surface area contributed by atoms with Crippen molar-refractivity contribution in [1.82, 2.24) is 0 Å². The van der Waals surface area contributed by atoms with Crippen molar-refractivity contribution in [3.63, 3.8) is 0 Å². The summed E-state index contributed by atoms with van der Waals surface area (Å²) in [6.07, 6.45) is 8.55. The van der Waals surface area contributed by atoms with Crippen LogP contribution in [0.4, 0.5) is 0 Å². The standard InChI is InChI=1S/C21H25NO/c1-17-8-7-9-18(14-17)16-23-22-15-20-12-5-6-13-21(20)19-10-3-2-4-11-19/h5-9,12-15,19H,2-4,10-11,16H2,1H3. The predicted molar refractivity (Wildman–Crippen MR) is 95.8 cm³/mol. The zero-order valence-corrected chi connectivity index (χ0v) is 13.9. The zero-order valence-electron chi connectivity index (χ0n) is 13.9. The van der Waals surface area contributed by atoms with Crippen LogP contribution in [0.1, 0.15) is 60.3 Å². The molecule has 0 N–H and O–H groups in total. The molecule has 2 aromatic rings. The quantitative estimate of drug-likeness (QED) is 0.521. The lowest BCUT2D eigenvalue weighted by molar-refractivity contribution is 0.132. The third kappa shape index (κ3) is 4.44. The molecule has 1 saturated carbocycles. The van der Waals surface area contributed by atoms with Crippen molar-refractivity contribution in [3.8, 4) is 0 Å². The highest BCUT2D eigenvalue weighted by Crippen LogP contribution is 2.33. The van der Waals surface area contributed by atoms with Gasteiger partial charge in [0.2, 0.25) is 0 Å². The second kappa shape index (κ2) is 7.96. The summed E-state index contributed by atoms with van der Waals surface area (Å²) in [7, 11) is 0. The number of hydrogen-bond donors (Lipinski definition) is 0. The third-order valence-electron chi connectivity index (χ3n) is 4.62. The Kier molecular flexibility index (Phi) is 5.46. The van der Waals surface area contributed by atoms with Gasteiger partial charge in [-0.25, -0.2) is 0 Å². The predicted octanol–water partition coefficient (Wildman–Crippen LogP) is 5.59. The zero-order chi connectivity index (χ0) is 15.9. The number of nitrogens with zero attached hydrogens (tertiary/aromatic N) is 1. The van der Waals surface area contributed by atoms with Crippen molar-refractivity contribution in [2.24, 2.45) is 5.16 Å². The van der Waals surface area contributed by atoms with E-state index >= 15 is 0 Å². The van der Waals surface area contributed by atoms with Crippen molar-refractivity contribution in [3.05, 3.63) is 70.8 Å². The molecule has 1 aliphatic rings. The fraction of sp³-hybridized carbons (Fsp3) is 0.381. The molecule has 2 aromatic carbocycles. The van der Waals surface area contributed by atoms with E-state index in [1.165, 1.54) is 48.8 Å². The first-order valence-corrected chi connectivity index (χ1v) is 8.63. The molecule has 0 atom stereocenters. The van der Waals surface area contributed by atoms with Crippen LogP contribution in [0.2, 0.25) is 0 Å². The van der Waals surface area contributed by atoms with E-state index < -0.39 is 0 Å². The van der Waals surface area contributed by atoms with Gasteiger partial charge in [0, 0.05) is 0 Å². The van der Waals surface area contributed by atoms with Gasteiger partial charge in [-0.2, -0.15) is 0 Å². The van der Waals surface area contributed by atoms with Crippen LogP contribution in [0.25, 0.3) is 0 Å². The van der Waals surface area contributed by atoms with Crippen molar-refractivity contribution < 1.29 is 4.84 Å². The largest absolute Gasteiger partial charge is 0.391 e. The Hall–Kier alpha value is -2.09. The topological polar surface area (TPSA) is 21.6 Å². The summed E-state index contributed by atoms with van der Waals surface area (Å²) >= 11 is 0. The van der Waals surface area contributed by atoms with Gasteiger partial charge in [-0.1, -0.05) is 78.5 Å². The van der Waals surface area contributed by atoms with E-state index in [0.29, 0.717) is 12.5 Å². The van der Waals surface area contributed by atoms with Gasteiger partial charge >= 0.3 is 0 Å². The lowest BCUT2D eigenvalue weighted by atomic mass is 9.82. The molecule has 3 rings (SSSR count). The molecular weight excluding hydrogens is 282 g/mol. The van der Waals surface area contributed by atoms with E-state index in [2.05, 4.69) is 60.6 Å². The van der Waals surface area contributed by atoms with Crippen molar-refractivity contribution in [1.29, 1.82) is 0 Å². The Morgan fingerprint density at radius 2 is 1.87 bits per heavy atom. The second-order valence-corrected chi connectivity index (χ2v) is 6.46. The van der Waals surface area contributed by atoms with Gasteiger partial charge in [-0.3, -0.25) is 0 Å². The fourth-order valence-corrected chi connectivity index (χ4v) is 3.42. The molecule has 0 aromatic heterocycles. The smallest absolute Gasteiger partial charge is 0.142 e. The van der Waals surface area contributed by atoms with Crippen LogP contribution in [-0.2, 0) is 11.4 Å². The number of rotatable bonds is 5. The summed E-state index contributed by atoms with van der Waals surface area (Å²) in [6, 6.07) is 16.9. The maximum absolute atomic E-state index is 5.49. The molecule has 2 heteroatoms. The maximum atomic E-state index is 5.49. The molecule has 0 aliphatic heterocycles. The Bertz CT molecular complexity index is 656. The minimum absolute atomic E-state index is 0.518. The summed E-state index contributed by atoms with van der Waals surface area (Å²) in [5, 5.41) is 4.20. The van der Waals surface area contributed by atoms with E-state index in [-0.39, 0.29) is 0 Å². The molecular formula is C21H25NO. The summed E-state index contributed by atoms with van der Waals surface area (Å²) in [6.45, 7) is 2.61. The average molecular weight is 307 g/mol. The molecule has 0 radical (unpaired) electrons. The van der Waals surface area contributed by atoms with Crippen LogP contribution < -0.4 is 0 Å². The van der Waals surface area contributed by atoms with Crippen LogP contribution in [0.15, 0.2) is 53.7 Å². The molecule has 1 fully saturated rings. The lowest BCUT2D eigenvalue weighted by Crippen LogP contribution is -2.07.